The molecular weight excluding hydrogens is 206 g/mol. The van der Waals surface area contributed by atoms with Crippen molar-refractivity contribution in [2.75, 3.05) is 13.1 Å². The molecule has 1 fully saturated rings. The molecule has 1 saturated heterocycles. The number of unbranched alkanes of at least 4 members (excludes halogenated alkanes) is 1. The Bertz CT molecular complexity index is 351. The van der Waals surface area contributed by atoms with Crippen LogP contribution in [0.25, 0.3) is 0 Å². The largest absolute Gasteiger partial charge is 0.317 e. The van der Waals surface area contributed by atoms with Gasteiger partial charge < -0.3 is 5.32 Å². The van der Waals surface area contributed by atoms with Crippen molar-refractivity contribution in [3.8, 4) is 0 Å². The molecule has 0 aromatic heterocycles. The molecule has 0 saturated carbocycles. The highest BCUT2D eigenvalue weighted by Crippen LogP contribution is 2.29. The van der Waals surface area contributed by atoms with Gasteiger partial charge in [0.25, 0.3) is 0 Å². The smallest absolute Gasteiger partial charge is 0.00431 e. The summed E-state index contributed by atoms with van der Waals surface area (Å²) in [5, 5.41) is 3.45. The molecule has 2 rings (SSSR count). The van der Waals surface area contributed by atoms with Crippen molar-refractivity contribution < 1.29 is 0 Å². The molecule has 0 aliphatic carbocycles. The van der Waals surface area contributed by atoms with Gasteiger partial charge in [0, 0.05) is 0 Å². The summed E-state index contributed by atoms with van der Waals surface area (Å²) >= 11 is 0. The van der Waals surface area contributed by atoms with Crippen molar-refractivity contribution in [1.29, 1.82) is 0 Å². The first-order chi connectivity index (χ1) is 8.33. The highest BCUT2D eigenvalue weighted by molar-refractivity contribution is 5.36. The molecule has 1 heteroatoms. The summed E-state index contributed by atoms with van der Waals surface area (Å²) in [5.41, 5.74) is 4.75. The van der Waals surface area contributed by atoms with Crippen LogP contribution < -0.4 is 5.32 Å². The second-order valence-electron chi connectivity index (χ2n) is 5.26. The number of hydrogen-bond donors (Lipinski definition) is 1. The highest BCUT2D eigenvalue weighted by atomic mass is 14.9. The lowest BCUT2D eigenvalue weighted by molar-refractivity contribution is 0.459. The van der Waals surface area contributed by atoms with Gasteiger partial charge in [0.05, 0.1) is 0 Å². The van der Waals surface area contributed by atoms with E-state index in [1.165, 1.54) is 45.2 Å². The van der Waals surface area contributed by atoms with Gasteiger partial charge in [0.15, 0.2) is 0 Å². The maximum Gasteiger partial charge on any atom is -0.00431 e. The molecule has 1 aromatic carbocycles. The van der Waals surface area contributed by atoms with Gasteiger partial charge in [0.2, 0.25) is 0 Å². The van der Waals surface area contributed by atoms with Crippen LogP contribution in [0.15, 0.2) is 18.2 Å². The maximum absolute atomic E-state index is 3.45. The van der Waals surface area contributed by atoms with E-state index in [-0.39, 0.29) is 0 Å². The minimum absolute atomic E-state index is 0.790. The van der Waals surface area contributed by atoms with Gasteiger partial charge in [-0.3, -0.25) is 0 Å². The molecule has 1 nitrogen and oxygen atoms in total. The summed E-state index contributed by atoms with van der Waals surface area (Å²) in [6, 6.07) is 6.92. The molecule has 0 unspecified atom stereocenters. The molecule has 94 valence electrons. The first-order valence-electron chi connectivity index (χ1n) is 7.12. The van der Waals surface area contributed by atoms with Crippen molar-refractivity contribution >= 4 is 0 Å². The average Bonchev–Trinajstić information content (AvgIpc) is 2.39. The SMILES string of the molecule is CCCCc1cccc(C2CCNCC2)c1C. The van der Waals surface area contributed by atoms with E-state index in [9.17, 15) is 0 Å². The molecule has 0 bridgehead atoms. The number of aryl methyl sites for hydroxylation is 1. The van der Waals surface area contributed by atoms with Crippen molar-refractivity contribution in [1.82, 2.24) is 5.32 Å². The molecule has 1 N–H and O–H groups in total. The fraction of sp³-hybridized carbons (Fsp3) is 0.625. The summed E-state index contributed by atoms with van der Waals surface area (Å²) < 4.78 is 0. The number of rotatable bonds is 4. The van der Waals surface area contributed by atoms with Crippen LogP contribution in [-0.4, -0.2) is 13.1 Å². The van der Waals surface area contributed by atoms with E-state index in [1.54, 1.807) is 16.7 Å². The quantitative estimate of drug-likeness (QED) is 0.831. The minimum Gasteiger partial charge on any atom is -0.317 e. The van der Waals surface area contributed by atoms with Crippen molar-refractivity contribution in [3.05, 3.63) is 34.9 Å². The first kappa shape index (κ1) is 12.6. The summed E-state index contributed by atoms with van der Waals surface area (Å²) in [5.74, 6) is 0.790. The average molecular weight is 231 g/mol. The zero-order valence-electron chi connectivity index (χ0n) is 11.3. The van der Waals surface area contributed by atoms with Crippen LogP contribution in [0.2, 0.25) is 0 Å². The molecule has 0 spiro atoms. The van der Waals surface area contributed by atoms with Crippen LogP contribution in [-0.2, 0) is 6.42 Å². The lowest BCUT2D eigenvalue weighted by Crippen LogP contribution is -2.27. The molecule has 17 heavy (non-hydrogen) atoms. The first-order valence-corrected chi connectivity index (χ1v) is 7.12. The van der Waals surface area contributed by atoms with Gasteiger partial charge in [-0.15, -0.1) is 0 Å². The van der Waals surface area contributed by atoms with E-state index in [4.69, 9.17) is 0 Å². The number of piperidine rings is 1. The second kappa shape index (κ2) is 6.20. The molecule has 1 aliphatic rings. The van der Waals surface area contributed by atoms with Crippen LogP contribution in [0.5, 0.6) is 0 Å². The van der Waals surface area contributed by atoms with Crippen LogP contribution in [0.4, 0.5) is 0 Å². The Balaban J connectivity index is 2.15. The van der Waals surface area contributed by atoms with Gasteiger partial charge in [0.1, 0.15) is 0 Å². The van der Waals surface area contributed by atoms with Crippen LogP contribution in [0, 0.1) is 6.92 Å². The Morgan fingerprint density at radius 3 is 2.71 bits per heavy atom. The lowest BCUT2D eigenvalue weighted by Gasteiger charge is -2.25. The van der Waals surface area contributed by atoms with Crippen molar-refractivity contribution in [2.24, 2.45) is 0 Å². The summed E-state index contributed by atoms with van der Waals surface area (Å²) in [6.45, 7) is 6.96. The van der Waals surface area contributed by atoms with Gasteiger partial charge in [-0.05, 0) is 68.3 Å². The van der Waals surface area contributed by atoms with E-state index in [0.717, 1.165) is 5.92 Å². The normalized spacial score (nSPS) is 17.3. The third-order valence-corrected chi connectivity index (χ3v) is 4.07. The van der Waals surface area contributed by atoms with Crippen molar-refractivity contribution in [2.45, 2.75) is 51.9 Å². The van der Waals surface area contributed by atoms with E-state index >= 15 is 0 Å². The van der Waals surface area contributed by atoms with Gasteiger partial charge >= 0.3 is 0 Å². The molecule has 1 aliphatic heterocycles. The van der Waals surface area contributed by atoms with Crippen LogP contribution in [0.1, 0.15) is 55.2 Å². The summed E-state index contributed by atoms with van der Waals surface area (Å²) in [4.78, 5) is 0. The predicted molar refractivity (Wildman–Crippen MR) is 74.6 cm³/mol. The Morgan fingerprint density at radius 2 is 2.00 bits per heavy atom. The van der Waals surface area contributed by atoms with Gasteiger partial charge in [-0.1, -0.05) is 31.5 Å². The van der Waals surface area contributed by atoms with E-state index in [1.807, 2.05) is 0 Å². The fourth-order valence-corrected chi connectivity index (χ4v) is 2.92. The number of nitrogens with one attached hydrogen (secondary N) is 1. The van der Waals surface area contributed by atoms with E-state index in [2.05, 4.69) is 37.4 Å². The number of benzene rings is 1. The zero-order valence-corrected chi connectivity index (χ0v) is 11.3. The molecule has 1 heterocycles. The van der Waals surface area contributed by atoms with Gasteiger partial charge in [-0.25, -0.2) is 0 Å². The third kappa shape index (κ3) is 3.10. The van der Waals surface area contributed by atoms with Crippen LogP contribution >= 0.6 is 0 Å². The minimum atomic E-state index is 0.790. The Kier molecular flexibility index (Phi) is 4.61. The van der Waals surface area contributed by atoms with E-state index < -0.39 is 0 Å². The standard InChI is InChI=1S/C16H25N/c1-3-4-6-14-7-5-8-16(13(14)2)15-9-11-17-12-10-15/h5,7-8,15,17H,3-4,6,9-12H2,1-2H3. The Hall–Kier alpha value is -0.820. The molecular formula is C16H25N. The lowest BCUT2D eigenvalue weighted by atomic mass is 9.85. The topological polar surface area (TPSA) is 12.0 Å². The Labute approximate surface area is 106 Å². The second-order valence-corrected chi connectivity index (χ2v) is 5.26. The van der Waals surface area contributed by atoms with E-state index in [0.29, 0.717) is 0 Å². The fourth-order valence-electron chi connectivity index (χ4n) is 2.92. The van der Waals surface area contributed by atoms with Gasteiger partial charge in [-0.2, -0.15) is 0 Å². The highest BCUT2D eigenvalue weighted by Gasteiger charge is 2.17. The molecule has 0 amide bonds. The monoisotopic (exact) mass is 231 g/mol. The molecule has 1 aromatic rings. The predicted octanol–water partition coefficient (Wildman–Crippen LogP) is 3.80. The summed E-state index contributed by atoms with van der Waals surface area (Å²) in [7, 11) is 0. The maximum atomic E-state index is 3.45. The Morgan fingerprint density at radius 1 is 1.24 bits per heavy atom. The molecule has 0 atom stereocenters. The van der Waals surface area contributed by atoms with Crippen LogP contribution in [0.3, 0.4) is 0 Å². The third-order valence-electron chi connectivity index (χ3n) is 4.07. The summed E-state index contributed by atoms with van der Waals surface area (Å²) in [6.07, 6.45) is 6.46. The molecule has 0 radical (unpaired) electrons. The van der Waals surface area contributed by atoms with Crippen molar-refractivity contribution in [3.63, 3.8) is 0 Å². The zero-order chi connectivity index (χ0) is 12.1. The number of hydrogen-bond acceptors (Lipinski definition) is 1.